The third kappa shape index (κ3) is 2.73. The Bertz CT molecular complexity index is 505. The number of hydrogen-bond donors (Lipinski definition) is 1. The highest BCUT2D eigenvalue weighted by molar-refractivity contribution is 5.85. The number of carboxylic acids is 1. The largest absolute Gasteiger partial charge is 0.480 e. The molecule has 1 aromatic carbocycles. The van der Waals surface area contributed by atoms with E-state index in [-0.39, 0.29) is 13.0 Å². The summed E-state index contributed by atoms with van der Waals surface area (Å²) in [6, 6.07) is 5.02. The van der Waals surface area contributed by atoms with Gasteiger partial charge < -0.3 is 14.7 Å². The van der Waals surface area contributed by atoms with Crippen LogP contribution in [0.2, 0.25) is 0 Å². The van der Waals surface area contributed by atoms with Crippen molar-refractivity contribution in [1.82, 2.24) is 4.90 Å². The maximum absolute atomic E-state index is 13.6. The van der Waals surface area contributed by atoms with Gasteiger partial charge in [0.15, 0.2) is 6.04 Å². The van der Waals surface area contributed by atoms with Crippen LogP contribution in [-0.4, -0.2) is 47.7 Å². The number of halogens is 1. The van der Waals surface area contributed by atoms with E-state index in [1.54, 1.807) is 18.2 Å². The van der Waals surface area contributed by atoms with Crippen molar-refractivity contribution in [2.24, 2.45) is 0 Å². The molecular formula is C13H14FNO4. The van der Waals surface area contributed by atoms with Gasteiger partial charge in [0.2, 0.25) is 5.91 Å². The van der Waals surface area contributed by atoms with Crippen LogP contribution in [-0.2, 0) is 20.7 Å². The smallest absolute Gasteiger partial charge is 0.329 e. The Hall–Kier alpha value is -1.95. The van der Waals surface area contributed by atoms with E-state index in [0.29, 0.717) is 5.56 Å². The summed E-state index contributed by atoms with van der Waals surface area (Å²) in [5.74, 6) is -1.95. The molecule has 1 fully saturated rings. The van der Waals surface area contributed by atoms with E-state index in [0.717, 1.165) is 4.90 Å². The van der Waals surface area contributed by atoms with Crippen LogP contribution < -0.4 is 0 Å². The molecule has 0 aromatic heterocycles. The number of likely N-dealkylation sites (N-methyl/N-ethyl adjacent to an activating group) is 1. The zero-order valence-electron chi connectivity index (χ0n) is 10.4. The van der Waals surface area contributed by atoms with E-state index < -0.39 is 29.8 Å². The summed E-state index contributed by atoms with van der Waals surface area (Å²) in [5, 5.41) is 9.18. The molecule has 0 radical (unpaired) electrons. The lowest BCUT2D eigenvalue weighted by Gasteiger charge is -2.36. The molecule has 1 aliphatic heterocycles. The van der Waals surface area contributed by atoms with Crippen LogP contribution in [0.1, 0.15) is 5.56 Å². The summed E-state index contributed by atoms with van der Waals surface area (Å²) < 4.78 is 18.8. The highest BCUT2D eigenvalue weighted by atomic mass is 19.1. The Labute approximate surface area is 109 Å². The molecule has 19 heavy (non-hydrogen) atoms. The van der Waals surface area contributed by atoms with Crippen molar-refractivity contribution in [1.29, 1.82) is 0 Å². The molecule has 0 spiro atoms. The first-order valence-electron chi connectivity index (χ1n) is 5.84. The van der Waals surface area contributed by atoms with Crippen molar-refractivity contribution >= 4 is 11.9 Å². The van der Waals surface area contributed by atoms with Crippen molar-refractivity contribution in [3.8, 4) is 0 Å². The van der Waals surface area contributed by atoms with Gasteiger partial charge >= 0.3 is 5.97 Å². The second-order valence-corrected chi connectivity index (χ2v) is 4.43. The molecule has 2 rings (SSSR count). The number of benzene rings is 1. The molecule has 1 aromatic rings. The van der Waals surface area contributed by atoms with Gasteiger partial charge in [-0.25, -0.2) is 9.18 Å². The molecule has 1 aliphatic rings. The van der Waals surface area contributed by atoms with Gasteiger partial charge in [-0.15, -0.1) is 0 Å². The molecule has 0 saturated carbocycles. The Morgan fingerprint density at radius 2 is 2.21 bits per heavy atom. The van der Waals surface area contributed by atoms with E-state index in [1.165, 1.54) is 13.1 Å². The fourth-order valence-corrected chi connectivity index (χ4v) is 2.15. The number of aliphatic carboxylic acids is 1. The summed E-state index contributed by atoms with van der Waals surface area (Å²) in [5.41, 5.74) is 0.376. The minimum atomic E-state index is -1.16. The first-order chi connectivity index (χ1) is 9.00. The van der Waals surface area contributed by atoms with Gasteiger partial charge in [0, 0.05) is 13.5 Å². The second-order valence-electron chi connectivity index (χ2n) is 4.43. The quantitative estimate of drug-likeness (QED) is 0.874. The van der Waals surface area contributed by atoms with Crippen LogP contribution in [0.15, 0.2) is 24.3 Å². The average molecular weight is 267 g/mol. The number of carbonyl (C=O) groups is 2. The van der Waals surface area contributed by atoms with Crippen LogP contribution in [0.3, 0.4) is 0 Å². The average Bonchev–Trinajstić information content (AvgIpc) is 2.36. The Morgan fingerprint density at radius 3 is 2.84 bits per heavy atom. The summed E-state index contributed by atoms with van der Waals surface area (Å²) in [4.78, 5) is 23.8. The molecule has 1 amide bonds. The van der Waals surface area contributed by atoms with Crippen LogP contribution in [0.5, 0.6) is 0 Å². The van der Waals surface area contributed by atoms with Crippen molar-refractivity contribution in [3.63, 3.8) is 0 Å². The maximum Gasteiger partial charge on any atom is 0.329 e. The molecular weight excluding hydrogens is 253 g/mol. The van der Waals surface area contributed by atoms with Gasteiger partial charge in [-0.2, -0.15) is 0 Å². The molecule has 1 heterocycles. The topological polar surface area (TPSA) is 66.8 Å². The van der Waals surface area contributed by atoms with Crippen molar-refractivity contribution in [2.75, 3.05) is 13.7 Å². The Balaban J connectivity index is 2.21. The third-order valence-electron chi connectivity index (χ3n) is 3.22. The van der Waals surface area contributed by atoms with Crippen LogP contribution in [0.25, 0.3) is 0 Å². The van der Waals surface area contributed by atoms with Gasteiger partial charge in [-0.1, -0.05) is 18.2 Å². The lowest BCUT2D eigenvalue weighted by Crippen LogP contribution is -2.57. The first kappa shape index (κ1) is 13.5. The molecule has 1 saturated heterocycles. The van der Waals surface area contributed by atoms with Crippen molar-refractivity contribution in [2.45, 2.75) is 18.6 Å². The molecule has 0 bridgehead atoms. The van der Waals surface area contributed by atoms with E-state index in [9.17, 15) is 19.1 Å². The van der Waals surface area contributed by atoms with Crippen LogP contribution in [0.4, 0.5) is 4.39 Å². The van der Waals surface area contributed by atoms with Gasteiger partial charge in [-0.3, -0.25) is 4.79 Å². The predicted octanol–water partition coefficient (Wildman–Crippen LogP) is 0.679. The molecule has 2 unspecified atom stereocenters. The molecule has 2 atom stereocenters. The van der Waals surface area contributed by atoms with Gasteiger partial charge in [0.1, 0.15) is 12.4 Å². The third-order valence-corrected chi connectivity index (χ3v) is 3.22. The van der Waals surface area contributed by atoms with Crippen LogP contribution >= 0.6 is 0 Å². The number of carboxylic acid groups (broad SMARTS) is 1. The minimum absolute atomic E-state index is 0.112. The highest BCUT2D eigenvalue weighted by Crippen LogP contribution is 2.19. The standard InChI is InChI=1S/C13H14FNO4/c1-15-11(16)7-19-10(12(15)13(17)18)6-8-4-2-3-5-9(8)14/h2-5,10,12H,6-7H2,1H3,(H,17,18). The van der Waals surface area contributed by atoms with Gasteiger partial charge in [0.25, 0.3) is 0 Å². The SMILES string of the molecule is CN1C(=O)COC(Cc2ccccc2F)C1C(=O)O. The Kier molecular flexibility index (Phi) is 3.80. The number of ether oxygens (including phenoxy) is 1. The summed E-state index contributed by atoms with van der Waals surface area (Å²) in [7, 11) is 1.41. The van der Waals surface area contributed by atoms with Crippen molar-refractivity contribution < 1.29 is 23.8 Å². The number of hydrogen-bond acceptors (Lipinski definition) is 3. The second kappa shape index (κ2) is 5.36. The molecule has 102 valence electrons. The summed E-state index contributed by atoms with van der Waals surface area (Å²) in [6.07, 6.45) is -0.640. The summed E-state index contributed by atoms with van der Waals surface area (Å²) in [6.45, 7) is -0.181. The van der Waals surface area contributed by atoms with E-state index in [2.05, 4.69) is 0 Å². The molecule has 1 N–H and O–H groups in total. The first-order valence-corrected chi connectivity index (χ1v) is 5.84. The molecule has 6 heteroatoms. The lowest BCUT2D eigenvalue weighted by atomic mass is 9.99. The zero-order valence-corrected chi connectivity index (χ0v) is 10.4. The molecule has 5 nitrogen and oxygen atoms in total. The highest BCUT2D eigenvalue weighted by Gasteiger charge is 2.39. The number of amides is 1. The lowest BCUT2D eigenvalue weighted by molar-refractivity contribution is -0.169. The van der Waals surface area contributed by atoms with Gasteiger partial charge in [0.05, 0.1) is 6.10 Å². The Morgan fingerprint density at radius 1 is 1.53 bits per heavy atom. The van der Waals surface area contributed by atoms with Crippen LogP contribution in [0, 0.1) is 5.82 Å². The normalized spacial score (nSPS) is 23.5. The maximum atomic E-state index is 13.6. The monoisotopic (exact) mass is 267 g/mol. The van der Waals surface area contributed by atoms with E-state index in [4.69, 9.17) is 4.74 Å². The van der Waals surface area contributed by atoms with E-state index >= 15 is 0 Å². The predicted molar refractivity (Wildman–Crippen MR) is 64.0 cm³/mol. The minimum Gasteiger partial charge on any atom is -0.480 e. The van der Waals surface area contributed by atoms with E-state index in [1.807, 2.05) is 0 Å². The number of rotatable bonds is 3. The summed E-state index contributed by atoms with van der Waals surface area (Å²) >= 11 is 0. The fraction of sp³-hybridized carbons (Fsp3) is 0.385. The zero-order chi connectivity index (χ0) is 14.0. The fourth-order valence-electron chi connectivity index (χ4n) is 2.15. The van der Waals surface area contributed by atoms with Crippen molar-refractivity contribution in [3.05, 3.63) is 35.6 Å². The molecule has 0 aliphatic carbocycles. The number of nitrogens with zero attached hydrogens (tertiary/aromatic N) is 1. The van der Waals surface area contributed by atoms with Gasteiger partial charge in [-0.05, 0) is 11.6 Å². The number of carbonyl (C=O) groups excluding carboxylic acids is 1. The number of morpholine rings is 1.